The van der Waals surface area contributed by atoms with E-state index >= 15 is 0 Å². The molecule has 0 saturated heterocycles. The van der Waals surface area contributed by atoms with E-state index in [0.717, 1.165) is 5.69 Å². The summed E-state index contributed by atoms with van der Waals surface area (Å²) in [6.07, 6.45) is 4.00. The number of hydrogen-bond acceptors (Lipinski definition) is 5. The number of amides is 1. The van der Waals surface area contributed by atoms with Crippen molar-refractivity contribution in [1.29, 1.82) is 0 Å². The van der Waals surface area contributed by atoms with Gasteiger partial charge in [0, 0.05) is 29.7 Å². The molecule has 1 fully saturated rings. The zero-order chi connectivity index (χ0) is 14.9. The normalized spacial score (nSPS) is 15.5. The van der Waals surface area contributed by atoms with Gasteiger partial charge in [-0.05, 0) is 37.1 Å². The highest BCUT2D eigenvalue weighted by Crippen LogP contribution is 2.34. The zero-order valence-electron chi connectivity index (χ0n) is 11.8. The quantitative estimate of drug-likeness (QED) is 0.907. The van der Waals surface area contributed by atoms with Crippen molar-refractivity contribution in [3.05, 3.63) is 42.2 Å². The predicted molar refractivity (Wildman–Crippen MR) is 81.4 cm³/mol. The molecule has 4 rings (SSSR count). The summed E-state index contributed by atoms with van der Waals surface area (Å²) in [7, 11) is 0. The second-order valence-corrected chi connectivity index (χ2v) is 5.37. The highest BCUT2D eigenvalue weighted by atomic mass is 16.7. The van der Waals surface area contributed by atoms with Crippen LogP contribution in [0.15, 0.2) is 36.5 Å². The van der Waals surface area contributed by atoms with E-state index in [2.05, 4.69) is 15.6 Å². The van der Waals surface area contributed by atoms with Crippen molar-refractivity contribution in [2.24, 2.45) is 0 Å². The molecule has 2 aromatic rings. The van der Waals surface area contributed by atoms with Crippen LogP contribution in [0, 0.1) is 0 Å². The number of hydrogen-bond donors (Lipinski definition) is 2. The van der Waals surface area contributed by atoms with E-state index in [1.807, 2.05) is 6.07 Å². The van der Waals surface area contributed by atoms with Crippen LogP contribution < -0.4 is 20.1 Å². The van der Waals surface area contributed by atoms with Gasteiger partial charge in [-0.2, -0.15) is 0 Å². The van der Waals surface area contributed by atoms with Crippen LogP contribution in [-0.4, -0.2) is 23.7 Å². The maximum Gasteiger partial charge on any atom is 0.274 e. The topological polar surface area (TPSA) is 72.5 Å². The molecule has 2 N–H and O–H groups in total. The first-order chi connectivity index (χ1) is 10.8. The van der Waals surface area contributed by atoms with Crippen LogP contribution >= 0.6 is 0 Å². The number of ether oxygens (including phenoxy) is 2. The highest BCUT2D eigenvalue weighted by Gasteiger charge is 2.21. The number of aromatic nitrogens is 1. The molecular weight excluding hydrogens is 282 g/mol. The molecule has 112 valence electrons. The van der Waals surface area contributed by atoms with Crippen molar-refractivity contribution >= 4 is 17.3 Å². The van der Waals surface area contributed by atoms with Crippen molar-refractivity contribution in [2.45, 2.75) is 18.9 Å². The largest absolute Gasteiger partial charge is 0.454 e. The lowest BCUT2D eigenvalue weighted by atomic mass is 10.2. The van der Waals surface area contributed by atoms with Crippen LogP contribution in [0.1, 0.15) is 23.3 Å². The highest BCUT2D eigenvalue weighted by molar-refractivity contribution is 6.03. The van der Waals surface area contributed by atoms with Gasteiger partial charge in [0.15, 0.2) is 11.5 Å². The Balaban J connectivity index is 1.49. The molecule has 1 amide bonds. The monoisotopic (exact) mass is 297 g/mol. The zero-order valence-corrected chi connectivity index (χ0v) is 11.8. The summed E-state index contributed by atoms with van der Waals surface area (Å²) in [5, 5.41) is 6.17. The van der Waals surface area contributed by atoms with Crippen molar-refractivity contribution in [1.82, 2.24) is 4.98 Å². The Bertz CT molecular complexity index is 728. The smallest absolute Gasteiger partial charge is 0.274 e. The van der Waals surface area contributed by atoms with Crippen LogP contribution in [0.5, 0.6) is 11.5 Å². The number of pyridine rings is 1. The molecule has 2 heterocycles. The van der Waals surface area contributed by atoms with Gasteiger partial charge in [-0.3, -0.25) is 9.78 Å². The summed E-state index contributed by atoms with van der Waals surface area (Å²) in [6.45, 7) is 0.211. The Morgan fingerprint density at radius 1 is 1.09 bits per heavy atom. The molecule has 0 radical (unpaired) electrons. The number of nitrogens with zero attached hydrogens (tertiary/aromatic N) is 1. The molecule has 6 nitrogen and oxygen atoms in total. The van der Waals surface area contributed by atoms with E-state index < -0.39 is 0 Å². The SMILES string of the molecule is O=C(Nc1ccc2c(c1)OCO2)c1cc(NC2CC2)ccn1. The molecule has 0 unspecified atom stereocenters. The number of fused-ring (bicyclic) bond motifs is 1. The molecule has 22 heavy (non-hydrogen) atoms. The molecule has 0 bridgehead atoms. The minimum atomic E-state index is -0.252. The first kappa shape index (κ1) is 12.9. The predicted octanol–water partition coefficient (Wildman–Crippen LogP) is 2.64. The number of nitrogens with one attached hydrogen (secondary N) is 2. The first-order valence-corrected chi connectivity index (χ1v) is 7.21. The molecule has 2 aliphatic rings. The van der Waals surface area contributed by atoms with Crippen molar-refractivity contribution in [3.8, 4) is 11.5 Å². The maximum atomic E-state index is 12.3. The number of carbonyl (C=O) groups excluding carboxylic acids is 1. The third-order valence-electron chi connectivity index (χ3n) is 3.57. The third kappa shape index (κ3) is 2.67. The number of carbonyl (C=O) groups is 1. The molecule has 1 aliphatic carbocycles. The molecule has 1 aromatic heterocycles. The number of benzene rings is 1. The van der Waals surface area contributed by atoms with Crippen molar-refractivity contribution < 1.29 is 14.3 Å². The Morgan fingerprint density at radius 2 is 1.95 bits per heavy atom. The average Bonchev–Trinajstić information content (AvgIpc) is 3.22. The summed E-state index contributed by atoms with van der Waals surface area (Å²) < 4.78 is 10.5. The number of anilines is 2. The van der Waals surface area contributed by atoms with Crippen LogP contribution in [0.25, 0.3) is 0 Å². The lowest BCUT2D eigenvalue weighted by Crippen LogP contribution is -2.14. The Hall–Kier alpha value is -2.76. The van der Waals surface area contributed by atoms with Gasteiger partial charge >= 0.3 is 0 Å². The minimum Gasteiger partial charge on any atom is -0.454 e. The standard InChI is InChI=1S/C16H15N3O3/c20-16(13-7-12(5-6-17-13)18-10-1-2-10)19-11-3-4-14-15(8-11)22-9-21-14/h3-8,10H,1-2,9H2,(H,17,18)(H,19,20). The molecule has 6 heteroatoms. The lowest BCUT2D eigenvalue weighted by molar-refractivity contribution is 0.102. The van der Waals surface area contributed by atoms with E-state index in [4.69, 9.17) is 9.47 Å². The van der Waals surface area contributed by atoms with Crippen molar-refractivity contribution in [3.63, 3.8) is 0 Å². The van der Waals surface area contributed by atoms with E-state index in [0.29, 0.717) is 28.9 Å². The van der Waals surface area contributed by atoms with Gasteiger partial charge < -0.3 is 20.1 Å². The summed E-state index contributed by atoms with van der Waals surface area (Å²) in [5.41, 5.74) is 1.95. The van der Waals surface area contributed by atoms with Gasteiger partial charge in [0.25, 0.3) is 5.91 Å². The lowest BCUT2D eigenvalue weighted by Gasteiger charge is -2.08. The number of rotatable bonds is 4. The maximum absolute atomic E-state index is 12.3. The molecule has 1 aliphatic heterocycles. The fourth-order valence-corrected chi connectivity index (χ4v) is 2.28. The van der Waals surface area contributed by atoms with Gasteiger partial charge in [0.05, 0.1) is 0 Å². The van der Waals surface area contributed by atoms with E-state index in [1.165, 1.54) is 12.8 Å². The Kier molecular flexibility index (Phi) is 3.07. The van der Waals surface area contributed by atoms with E-state index in [1.54, 1.807) is 30.5 Å². The second kappa shape index (κ2) is 5.22. The fraction of sp³-hybridized carbons (Fsp3) is 0.250. The molecule has 0 atom stereocenters. The average molecular weight is 297 g/mol. The van der Waals surface area contributed by atoms with Crippen LogP contribution in [-0.2, 0) is 0 Å². The molecule has 1 aromatic carbocycles. The molecular formula is C16H15N3O3. The van der Waals surface area contributed by atoms with Gasteiger partial charge in [0.2, 0.25) is 6.79 Å². The van der Waals surface area contributed by atoms with Crippen LogP contribution in [0.3, 0.4) is 0 Å². The van der Waals surface area contributed by atoms with Crippen LogP contribution in [0.2, 0.25) is 0 Å². The third-order valence-corrected chi connectivity index (χ3v) is 3.57. The Morgan fingerprint density at radius 3 is 2.82 bits per heavy atom. The molecule has 0 spiro atoms. The van der Waals surface area contributed by atoms with Gasteiger partial charge in [-0.15, -0.1) is 0 Å². The van der Waals surface area contributed by atoms with Gasteiger partial charge in [-0.1, -0.05) is 0 Å². The second-order valence-electron chi connectivity index (χ2n) is 5.37. The van der Waals surface area contributed by atoms with Gasteiger partial charge in [0.1, 0.15) is 5.69 Å². The Labute approximate surface area is 127 Å². The fourth-order valence-electron chi connectivity index (χ4n) is 2.28. The van der Waals surface area contributed by atoms with E-state index in [-0.39, 0.29) is 12.7 Å². The van der Waals surface area contributed by atoms with Crippen molar-refractivity contribution in [2.75, 3.05) is 17.4 Å². The van der Waals surface area contributed by atoms with Crippen LogP contribution in [0.4, 0.5) is 11.4 Å². The molecule has 1 saturated carbocycles. The van der Waals surface area contributed by atoms with E-state index in [9.17, 15) is 4.79 Å². The first-order valence-electron chi connectivity index (χ1n) is 7.21. The summed E-state index contributed by atoms with van der Waals surface area (Å²) in [4.78, 5) is 16.4. The summed E-state index contributed by atoms with van der Waals surface area (Å²) in [5.74, 6) is 1.07. The summed E-state index contributed by atoms with van der Waals surface area (Å²) in [6, 6.07) is 9.46. The minimum absolute atomic E-state index is 0.211. The summed E-state index contributed by atoms with van der Waals surface area (Å²) >= 11 is 0. The van der Waals surface area contributed by atoms with Gasteiger partial charge in [-0.25, -0.2) is 0 Å².